The molecule has 0 radical (unpaired) electrons. The summed E-state index contributed by atoms with van der Waals surface area (Å²) in [6.45, 7) is 4.70. The van der Waals surface area contributed by atoms with Gasteiger partial charge in [-0.2, -0.15) is 0 Å². The highest BCUT2D eigenvalue weighted by Gasteiger charge is 2.07. The first-order valence-electron chi connectivity index (χ1n) is 5.17. The molecule has 0 atom stereocenters. The Morgan fingerprint density at radius 1 is 1.50 bits per heavy atom. The topological polar surface area (TPSA) is 29.5 Å². The molecule has 0 aliphatic carbocycles. The number of carbonyl (C=O) groups is 1. The molecule has 1 rings (SSSR count). The zero-order valence-corrected chi connectivity index (χ0v) is 11.4. The van der Waals surface area contributed by atoms with Crippen molar-refractivity contribution < 1.29 is 9.53 Å². The van der Waals surface area contributed by atoms with Crippen molar-refractivity contribution in [1.29, 1.82) is 0 Å². The summed E-state index contributed by atoms with van der Waals surface area (Å²) in [5, 5.41) is 0. The molecular weight excluding hydrogens is 270 g/mol. The summed E-state index contributed by atoms with van der Waals surface area (Å²) >= 11 is 3.41. The van der Waals surface area contributed by atoms with Crippen LogP contribution in [0.1, 0.15) is 12.5 Å². The van der Waals surface area contributed by atoms with Gasteiger partial charge in [0, 0.05) is 18.1 Å². The second-order valence-electron chi connectivity index (χ2n) is 3.61. The summed E-state index contributed by atoms with van der Waals surface area (Å²) < 4.78 is 6.45. The molecule has 1 aromatic rings. The lowest BCUT2D eigenvalue weighted by Gasteiger charge is -2.15. The molecule has 0 saturated heterocycles. The van der Waals surface area contributed by atoms with Crippen molar-refractivity contribution in [3.63, 3.8) is 0 Å². The minimum absolute atomic E-state index is 0.0110. The number of nitrogens with zero attached hydrogens (tertiary/aromatic N) is 1. The van der Waals surface area contributed by atoms with E-state index in [1.54, 1.807) is 11.9 Å². The minimum atomic E-state index is -0.0110. The number of aryl methyl sites for hydroxylation is 1. The van der Waals surface area contributed by atoms with Gasteiger partial charge in [0.15, 0.2) is 6.61 Å². The third-order valence-corrected chi connectivity index (χ3v) is 3.28. The quantitative estimate of drug-likeness (QED) is 0.851. The number of amides is 1. The second kappa shape index (κ2) is 5.89. The van der Waals surface area contributed by atoms with E-state index in [-0.39, 0.29) is 12.5 Å². The Morgan fingerprint density at radius 3 is 2.75 bits per heavy atom. The van der Waals surface area contributed by atoms with Crippen LogP contribution in [-0.2, 0) is 4.79 Å². The molecule has 16 heavy (non-hydrogen) atoms. The van der Waals surface area contributed by atoms with E-state index in [1.165, 1.54) is 0 Å². The fraction of sp³-hybridized carbons (Fsp3) is 0.417. The van der Waals surface area contributed by atoms with Gasteiger partial charge in [0.05, 0.1) is 0 Å². The minimum Gasteiger partial charge on any atom is -0.484 e. The summed E-state index contributed by atoms with van der Waals surface area (Å²) in [5.41, 5.74) is 1.09. The normalized spacial score (nSPS) is 10.0. The molecule has 0 heterocycles. The van der Waals surface area contributed by atoms with Gasteiger partial charge in [-0.25, -0.2) is 0 Å². The van der Waals surface area contributed by atoms with Gasteiger partial charge in [0.25, 0.3) is 5.91 Å². The summed E-state index contributed by atoms with van der Waals surface area (Å²) in [7, 11) is 1.76. The zero-order valence-electron chi connectivity index (χ0n) is 9.79. The molecule has 0 aliphatic heterocycles. The van der Waals surface area contributed by atoms with Crippen LogP contribution in [0.25, 0.3) is 0 Å². The van der Waals surface area contributed by atoms with Crippen LogP contribution in [0.3, 0.4) is 0 Å². The highest BCUT2D eigenvalue weighted by atomic mass is 79.9. The van der Waals surface area contributed by atoms with Gasteiger partial charge in [-0.1, -0.05) is 15.9 Å². The molecule has 0 aromatic heterocycles. The van der Waals surface area contributed by atoms with Crippen LogP contribution in [0, 0.1) is 6.92 Å². The molecule has 0 spiro atoms. The van der Waals surface area contributed by atoms with E-state index < -0.39 is 0 Å². The lowest BCUT2D eigenvalue weighted by molar-refractivity contribution is -0.131. The van der Waals surface area contributed by atoms with Gasteiger partial charge in [-0.3, -0.25) is 4.79 Å². The van der Waals surface area contributed by atoms with Crippen LogP contribution in [0.2, 0.25) is 0 Å². The maximum atomic E-state index is 11.5. The van der Waals surface area contributed by atoms with Gasteiger partial charge in [0.2, 0.25) is 0 Å². The van der Waals surface area contributed by atoms with Gasteiger partial charge < -0.3 is 9.64 Å². The number of hydrogen-bond acceptors (Lipinski definition) is 2. The Morgan fingerprint density at radius 2 is 2.19 bits per heavy atom. The van der Waals surface area contributed by atoms with Crippen LogP contribution in [0.4, 0.5) is 0 Å². The maximum Gasteiger partial charge on any atom is 0.260 e. The highest BCUT2D eigenvalue weighted by Crippen LogP contribution is 2.21. The average Bonchev–Trinajstić information content (AvgIpc) is 2.29. The van der Waals surface area contributed by atoms with Crippen LogP contribution < -0.4 is 4.74 Å². The van der Waals surface area contributed by atoms with Gasteiger partial charge in [0.1, 0.15) is 5.75 Å². The highest BCUT2D eigenvalue weighted by molar-refractivity contribution is 9.10. The molecule has 0 saturated carbocycles. The third kappa shape index (κ3) is 3.52. The van der Waals surface area contributed by atoms with Crippen molar-refractivity contribution in [2.24, 2.45) is 0 Å². The maximum absolute atomic E-state index is 11.5. The smallest absolute Gasteiger partial charge is 0.260 e. The lowest BCUT2D eigenvalue weighted by atomic mass is 10.2. The Hall–Kier alpha value is -1.03. The molecule has 0 N–H and O–H groups in total. The van der Waals surface area contributed by atoms with Gasteiger partial charge in [-0.15, -0.1) is 0 Å². The van der Waals surface area contributed by atoms with Crippen LogP contribution >= 0.6 is 15.9 Å². The predicted molar refractivity (Wildman–Crippen MR) is 67.7 cm³/mol. The molecule has 0 unspecified atom stereocenters. The number of halogens is 1. The van der Waals surface area contributed by atoms with E-state index in [1.807, 2.05) is 32.0 Å². The SMILES string of the molecule is CCN(C)C(=O)COc1ccc(Br)c(C)c1. The first-order chi connectivity index (χ1) is 7.54. The largest absolute Gasteiger partial charge is 0.484 e. The molecule has 0 aliphatic rings. The third-order valence-electron chi connectivity index (χ3n) is 2.39. The van der Waals surface area contributed by atoms with Crippen LogP contribution in [-0.4, -0.2) is 31.0 Å². The molecule has 0 fully saturated rings. The van der Waals surface area contributed by atoms with E-state index in [4.69, 9.17) is 4.74 Å². The number of hydrogen-bond donors (Lipinski definition) is 0. The molecule has 0 bridgehead atoms. The van der Waals surface area contributed by atoms with Crippen LogP contribution in [0.5, 0.6) is 5.75 Å². The number of ether oxygens (including phenoxy) is 1. The molecule has 88 valence electrons. The fourth-order valence-electron chi connectivity index (χ4n) is 1.14. The van der Waals surface area contributed by atoms with Crippen molar-refractivity contribution >= 4 is 21.8 Å². The van der Waals surface area contributed by atoms with Crippen molar-refractivity contribution in [2.45, 2.75) is 13.8 Å². The van der Waals surface area contributed by atoms with E-state index in [0.717, 1.165) is 15.8 Å². The van der Waals surface area contributed by atoms with E-state index >= 15 is 0 Å². The second-order valence-corrected chi connectivity index (χ2v) is 4.46. The summed E-state index contributed by atoms with van der Waals surface area (Å²) in [6.07, 6.45) is 0. The first kappa shape index (κ1) is 13.0. The number of benzene rings is 1. The van der Waals surface area contributed by atoms with E-state index in [2.05, 4.69) is 15.9 Å². The van der Waals surface area contributed by atoms with Crippen molar-refractivity contribution in [2.75, 3.05) is 20.2 Å². The average molecular weight is 286 g/mol. The zero-order chi connectivity index (χ0) is 12.1. The molecular formula is C12H16BrNO2. The van der Waals surface area contributed by atoms with E-state index in [9.17, 15) is 4.79 Å². The molecule has 1 aromatic carbocycles. The van der Waals surface area contributed by atoms with Crippen LogP contribution in [0.15, 0.2) is 22.7 Å². The van der Waals surface area contributed by atoms with Gasteiger partial charge in [-0.05, 0) is 37.6 Å². The summed E-state index contributed by atoms with van der Waals surface area (Å²) in [6, 6.07) is 5.66. The Balaban J connectivity index is 2.55. The van der Waals surface area contributed by atoms with Crippen molar-refractivity contribution in [1.82, 2.24) is 4.90 Å². The lowest BCUT2D eigenvalue weighted by Crippen LogP contribution is -2.31. The van der Waals surface area contributed by atoms with Gasteiger partial charge >= 0.3 is 0 Å². The Bertz CT molecular complexity index is 379. The Labute approximate surface area is 105 Å². The summed E-state index contributed by atoms with van der Waals surface area (Å²) in [5.74, 6) is 0.710. The molecule has 3 nitrogen and oxygen atoms in total. The number of carbonyl (C=O) groups excluding carboxylic acids is 1. The van der Waals surface area contributed by atoms with Crippen molar-refractivity contribution in [3.8, 4) is 5.75 Å². The first-order valence-corrected chi connectivity index (χ1v) is 5.96. The Kier molecular flexibility index (Phi) is 4.80. The van der Waals surface area contributed by atoms with E-state index in [0.29, 0.717) is 6.54 Å². The monoisotopic (exact) mass is 285 g/mol. The standard InChI is InChI=1S/C12H16BrNO2/c1-4-14(3)12(15)8-16-10-5-6-11(13)9(2)7-10/h5-7H,4,8H2,1-3H3. The number of rotatable bonds is 4. The predicted octanol–water partition coefficient (Wildman–Crippen LogP) is 2.61. The summed E-state index contributed by atoms with van der Waals surface area (Å²) in [4.78, 5) is 13.1. The molecule has 4 heteroatoms. The van der Waals surface area contributed by atoms with Crippen molar-refractivity contribution in [3.05, 3.63) is 28.2 Å². The fourth-order valence-corrected chi connectivity index (χ4v) is 1.39. The molecule has 1 amide bonds. The number of likely N-dealkylation sites (N-methyl/N-ethyl adjacent to an activating group) is 1.